The molecule has 1 rings (SSSR count). The van der Waals surface area contributed by atoms with E-state index in [0.29, 0.717) is 30.9 Å². The fourth-order valence-electron chi connectivity index (χ4n) is 1.96. The first-order chi connectivity index (χ1) is 9.62. The Morgan fingerprint density at radius 2 is 1.95 bits per heavy atom. The molecule has 1 N–H and O–H groups in total. The van der Waals surface area contributed by atoms with E-state index < -0.39 is 0 Å². The van der Waals surface area contributed by atoms with Crippen LogP contribution < -0.4 is 5.32 Å². The summed E-state index contributed by atoms with van der Waals surface area (Å²) in [6.45, 7) is 4.62. The van der Waals surface area contributed by atoms with Crippen LogP contribution in [0.2, 0.25) is 0 Å². The van der Waals surface area contributed by atoms with Gasteiger partial charge in [-0.15, -0.1) is 0 Å². The number of nitrogens with one attached hydrogen (secondary N) is 1. The van der Waals surface area contributed by atoms with E-state index in [0.717, 1.165) is 30.0 Å². The molecule has 0 radical (unpaired) electrons. The summed E-state index contributed by atoms with van der Waals surface area (Å²) in [5.74, 6) is 0.381. The van der Waals surface area contributed by atoms with E-state index >= 15 is 0 Å². The molecule has 0 aliphatic heterocycles. The van der Waals surface area contributed by atoms with Crippen molar-refractivity contribution in [1.82, 2.24) is 5.32 Å². The number of carbonyl (C=O) groups is 3. The molecule has 0 amide bonds. The van der Waals surface area contributed by atoms with Crippen molar-refractivity contribution in [3.63, 3.8) is 0 Å². The molecule has 1 aromatic carbocycles. The number of hydrogen-bond acceptors (Lipinski definition) is 4. The first-order valence-corrected chi connectivity index (χ1v) is 6.82. The largest absolute Gasteiger partial charge is 0.304 e. The van der Waals surface area contributed by atoms with E-state index in [1.165, 1.54) is 0 Å². The second kappa shape index (κ2) is 8.38. The Morgan fingerprint density at radius 1 is 1.20 bits per heavy atom. The molecule has 0 aliphatic rings. The Bertz CT molecular complexity index is 469. The third kappa shape index (κ3) is 4.70. The molecule has 0 saturated carbocycles. The molecular weight excluding hydrogens is 254 g/mol. The lowest BCUT2D eigenvalue weighted by Gasteiger charge is -2.14. The molecular formula is C16H21NO3. The average molecular weight is 275 g/mol. The van der Waals surface area contributed by atoms with Gasteiger partial charge in [-0.1, -0.05) is 32.0 Å². The fraction of sp³-hybridized carbons (Fsp3) is 0.438. The molecule has 4 nitrogen and oxygen atoms in total. The number of hydrogen-bond donors (Lipinski definition) is 1. The zero-order valence-corrected chi connectivity index (χ0v) is 12.0. The highest BCUT2D eigenvalue weighted by Crippen LogP contribution is 2.18. The Balaban J connectivity index is 2.78. The molecule has 0 spiro atoms. The summed E-state index contributed by atoms with van der Waals surface area (Å²) in [5, 5.41) is 3.08. The van der Waals surface area contributed by atoms with Crippen LogP contribution in [0.25, 0.3) is 0 Å². The summed E-state index contributed by atoms with van der Waals surface area (Å²) in [6, 6.07) is 5.38. The Morgan fingerprint density at radius 3 is 2.50 bits per heavy atom. The molecule has 1 unspecified atom stereocenters. The summed E-state index contributed by atoms with van der Waals surface area (Å²) in [4.78, 5) is 32.3. The Kier molecular flexibility index (Phi) is 6.81. The zero-order valence-electron chi connectivity index (χ0n) is 12.0. The van der Waals surface area contributed by atoms with Gasteiger partial charge in [-0.25, -0.2) is 0 Å². The van der Waals surface area contributed by atoms with E-state index in [4.69, 9.17) is 0 Å². The van der Waals surface area contributed by atoms with Crippen LogP contribution in [0.4, 0.5) is 0 Å². The third-order valence-electron chi connectivity index (χ3n) is 3.28. The standard InChI is InChI=1S/C16H21NO3/c1-12(2)13-5-6-14(10-19)15(8-13)9-17-16(11-20)4-3-7-18/h5-8,10-12,16-17H,3-4,9H2,1-2H3. The number of rotatable bonds is 9. The quantitative estimate of drug-likeness (QED) is 0.702. The highest BCUT2D eigenvalue weighted by Gasteiger charge is 2.10. The van der Waals surface area contributed by atoms with E-state index in [9.17, 15) is 14.4 Å². The molecule has 108 valence electrons. The van der Waals surface area contributed by atoms with Gasteiger partial charge in [-0.3, -0.25) is 4.79 Å². The molecule has 1 atom stereocenters. The average Bonchev–Trinajstić information content (AvgIpc) is 2.47. The van der Waals surface area contributed by atoms with Crippen LogP contribution in [0, 0.1) is 0 Å². The van der Waals surface area contributed by atoms with Gasteiger partial charge >= 0.3 is 0 Å². The lowest BCUT2D eigenvalue weighted by molar-refractivity contribution is -0.110. The van der Waals surface area contributed by atoms with Gasteiger partial charge in [0.25, 0.3) is 0 Å². The molecule has 1 aromatic rings. The normalized spacial score (nSPS) is 12.2. The van der Waals surface area contributed by atoms with E-state index in [1.54, 1.807) is 6.07 Å². The van der Waals surface area contributed by atoms with Gasteiger partial charge in [0.05, 0.1) is 6.04 Å². The van der Waals surface area contributed by atoms with Crippen molar-refractivity contribution in [2.24, 2.45) is 0 Å². The van der Waals surface area contributed by atoms with Gasteiger partial charge in [-0.2, -0.15) is 0 Å². The second-order valence-electron chi connectivity index (χ2n) is 5.10. The topological polar surface area (TPSA) is 63.2 Å². The molecule has 0 heterocycles. The fourth-order valence-corrected chi connectivity index (χ4v) is 1.96. The van der Waals surface area contributed by atoms with Crippen LogP contribution in [-0.2, 0) is 16.1 Å². The van der Waals surface area contributed by atoms with Gasteiger partial charge in [0, 0.05) is 18.5 Å². The van der Waals surface area contributed by atoms with Crippen molar-refractivity contribution < 1.29 is 14.4 Å². The minimum Gasteiger partial charge on any atom is -0.304 e. The van der Waals surface area contributed by atoms with Crippen molar-refractivity contribution in [1.29, 1.82) is 0 Å². The van der Waals surface area contributed by atoms with Crippen molar-refractivity contribution in [2.45, 2.75) is 45.2 Å². The molecule has 0 aromatic heterocycles. The molecule has 0 bridgehead atoms. The maximum absolute atomic E-state index is 11.1. The monoisotopic (exact) mass is 275 g/mol. The van der Waals surface area contributed by atoms with Crippen LogP contribution in [-0.4, -0.2) is 24.9 Å². The number of benzene rings is 1. The van der Waals surface area contributed by atoms with Crippen molar-refractivity contribution >= 4 is 18.9 Å². The van der Waals surface area contributed by atoms with Crippen LogP contribution in [0.5, 0.6) is 0 Å². The minimum absolute atomic E-state index is 0.350. The number of carbonyl (C=O) groups excluding carboxylic acids is 3. The Hall–Kier alpha value is -1.81. The van der Waals surface area contributed by atoms with E-state index in [-0.39, 0.29) is 6.04 Å². The summed E-state index contributed by atoms with van der Waals surface area (Å²) in [5.41, 5.74) is 2.66. The molecule has 20 heavy (non-hydrogen) atoms. The van der Waals surface area contributed by atoms with Gasteiger partial charge in [0.1, 0.15) is 18.9 Å². The summed E-state index contributed by atoms with van der Waals surface area (Å²) < 4.78 is 0. The summed E-state index contributed by atoms with van der Waals surface area (Å²) in [6.07, 6.45) is 3.25. The smallest absolute Gasteiger partial charge is 0.150 e. The maximum Gasteiger partial charge on any atom is 0.150 e. The van der Waals surface area contributed by atoms with Crippen molar-refractivity contribution in [3.05, 3.63) is 34.9 Å². The summed E-state index contributed by atoms with van der Waals surface area (Å²) >= 11 is 0. The highest BCUT2D eigenvalue weighted by atomic mass is 16.1. The second-order valence-corrected chi connectivity index (χ2v) is 5.10. The van der Waals surface area contributed by atoms with Gasteiger partial charge < -0.3 is 14.9 Å². The van der Waals surface area contributed by atoms with Gasteiger partial charge in [-0.05, 0) is 23.5 Å². The van der Waals surface area contributed by atoms with Crippen molar-refractivity contribution in [3.8, 4) is 0 Å². The predicted molar refractivity (Wildman–Crippen MR) is 77.9 cm³/mol. The van der Waals surface area contributed by atoms with Gasteiger partial charge in [0.2, 0.25) is 0 Å². The van der Waals surface area contributed by atoms with E-state index in [1.807, 2.05) is 12.1 Å². The zero-order chi connectivity index (χ0) is 15.0. The van der Waals surface area contributed by atoms with Crippen molar-refractivity contribution in [2.75, 3.05) is 0 Å². The first kappa shape index (κ1) is 16.2. The van der Waals surface area contributed by atoms with Crippen LogP contribution >= 0.6 is 0 Å². The van der Waals surface area contributed by atoms with Crippen LogP contribution in [0.1, 0.15) is 54.1 Å². The highest BCUT2D eigenvalue weighted by molar-refractivity contribution is 5.77. The summed E-state index contributed by atoms with van der Waals surface area (Å²) in [7, 11) is 0. The predicted octanol–water partition coefficient (Wildman–Crippen LogP) is 2.26. The molecule has 4 heteroatoms. The SMILES string of the molecule is CC(C)c1ccc(C=O)c(CNC(C=O)CCC=O)c1. The molecule has 0 fully saturated rings. The lowest BCUT2D eigenvalue weighted by atomic mass is 9.97. The van der Waals surface area contributed by atoms with E-state index in [2.05, 4.69) is 19.2 Å². The molecule has 0 aliphatic carbocycles. The van der Waals surface area contributed by atoms with Crippen LogP contribution in [0.15, 0.2) is 18.2 Å². The third-order valence-corrected chi connectivity index (χ3v) is 3.28. The molecule has 0 saturated heterocycles. The van der Waals surface area contributed by atoms with Gasteiger partial charge in [0.15, 0.2) is 0 Å². The van der Waals surface area contributed by atoms with Crippen LogP contribution in [0.3, 0.4) is 0 Å². The maximum atomic E-state index is 11.1. The first-order valence-electron chi connectivity index (χ1n) is 6.82. The number of aldehydes is 3. The Labute approximate surface area is 119 Å². The lowest BCUT2D eigenvalue weighted by Crippen LogP contribution is -2.30. The minimum atomic E-state index is -0.359.